The second-order valence-corrected chi connectivity index (χ2v) is 6.50. The zero-order valence-electron chi connectivity index (χ0n) is 15.6. The molecule has 0 aliphatic heterocycles. The van der Waals surface area contributed by atoms with Crippen molar-refractivity contribution in [2.24, 2.45) is 0 Å². The molecule has 0 radical (unpaired) electrons. The van der Waals surface area contributed by atoms with Crippen molar-refractivity contribution in [3.8, 4) is 16.3 Å². The Kier molecular flexibility index (Phi) is 8.53. The van der Waals surface area contributed by atoms with E-state index in [-0.39, 0.29) is 12.3 Å². The molecule has 7 heteroatoms. The van der Waals surface area contributed by atoms with Crippen LogP contribution in [0.2, 0.25) is 0 Å². The lowest BCUT2D eigenvalue weighted by atomic mass is 10.2. The predicted octanol–water partition coefficient (Wildman–Crippen LogP) is 2.87. The van der Waals surface area contributed by atoms with Crippen LogP contribution in [0.5, 0.6) is 5.75 Å². The van der Waals surface area contributed by atoms with Gasteiger partial charge in [0.2, 0.25) is 5.91 Å². The normalized spacial score (nSPS) is 10.7. The Morgan fingerprint density at radius 3 is 2.35 bits per heavy atom. The minimum atomic E-state index is 0.0302. The van der Waals surface area contributed by atoms with Gasteiger partial charge in [-0.05, 0) is 31.2 Å². The van der Waals surface area contributed by atoms with Crippen LogP contribution in [0.25, 0.3) is 10.6 Å². The minimum Gasteiger partial charge on any atom is -0.494 e. The van der Waals surface area contributed by atoms with Crippen LogP contribution in [-0.4, -0.2) is 62.9 Å². The van der Waals surface area contributed by atoms with Gasteiger partial charge in [0.15, 0.2) is 0 Å². The van der Waals surface area contributed by atoms with Gasteiger partial charge in [0.25, 0.3) is 0 Å². The molecule has 1 heterocycles. The van der Waals surface area contributed by atoms with Crippen LogP contribution in [0.3, 0.4) is 0 Å². The average molecular weight is 378 g/mol. The molecular formula is C19H26N2O4S. The number of thiazole rings is 1. The third-order valence-electron chi connectivity index (χ3n) is 3.78. The summed E-state index contributed by atoms with van der Waals surface area (Å²) < 4.78 is 15.6. The predicted molar refractivity (Wildman–Crippen MR) is 103 cm³/mol. The summed E-state index contributed by atoms with van der Waals surface area (Å²) in [6, 6.07) is 7.84. The summed E-state index contributed by atoms with van der Waals surface area (Å²) in [6.07, 6.45) is 0.279. The first kappa shape index (κ1) is 20.4. The molecule has 0 aliphatic carbocycles. The maximum Gasteiger partial charge on any atom is 0.228 e. The Bertz CT molecular complexity index is 664. The van der Waals surface area contributed by atoms with E-state index < -0.39 is 0 Å². The number of hydrogen-bond donors (Lipinski definition) is 0. The largest absolute Gasteiger partial charge is 0.494 e. The molecule has 0 unspecified atom stereocenters. The van der Waals surface area contributed by atoms with Crippen molar-refractivity contribution in [3.63, 3.8) is 0 Å². The molecule has 2 rings (SSSR count). The molecule has 0 N–H and O–H groups in total. The van der Waals surface area contributed by atoms with Gasteiger partial charge in [-0.1, -0.05) is 0 Å². The van der Waals surface area contributed by atoms with Crippen molar-refractivity contribution >= 4 is 17.2 Å². The number of methoxy groups -OCH3 is 2. The quantitative estimate of drug-likeness (QED) is 0.602. The Balaban J connectivity index is 2.00. The Morgan fingerprint density at radius 2 is 1.77 bits per heavy atom. The summed E-state index contributed by atoms with van der Waals surface area (Å²) >= 11 is 1.54. The van der Waals surface area contributed by atoms with E-state index in [4.69, 9.17) is 14.2 Å². The monoisotopic (exact) mass is 378 g/mol. The minimum absolute atomic E-state index is 0.0302. The summed E-state index contributed by atoms with van der Waals surface area (Å²) in [5.41, 5.74) is 1.80. The van der Waals surface area contributed by atoms with Crippen molar-refractivity contribution in [1.29, 1.82) is 0 Å². The van der Waals surface area contributed by atoms with E-state index >= 15 is 0 Å². The molecule has 1 aromatic heterocycles. The molecule has 1 amide bonds. The average Bonchev–Trinajstić information content (AvgIpc) is 3.11. The molecule has 2 aromatic rings. The van der Waals surface area contributed by atoms with E-state index in [9.17, 15) is 4.79 Å². The van der Waals surface area contributed by atoms with Crippen LogP contribution < -0.4 is 4.74 Å². The van der Waals surface area contributed by atoms with Crippen molar-refractivity contribution < 1.29 is 19.0 Å². The van der Waals surface area contributed by atoms with E-state index in [2.05, 4.69) is 4.98 Å². The number of ether oxygens (including phenoxy) is 3. The number of carbonyl (C=O) groups excluding carboxylic acids is 1. The summed E-state index contributed by atoms with van der Waals surface area (Å²) in [6.45, 7) is 4.71. The van der Waals surface area contributed by atoms with Gasteiger partial charge < -0.3 is 19.1 Å². The Morgan fingerprint density at radius 1 is 1.12 bits per heavy atom. The van der Waals surface area contributed by atoms with Crippen LogP contribution in [0.4, 0.5) is 0 Å². The van der Waals surface area contributed by atoms with Gasteiger partial charge in [-0.3, -0.25) is 4.79 Å². The molecule has 0 atom stereocenters. The van der Waals surface area contributed by atoms with Crippen molar-refractivity contribution in [1.82, 2.24) is 9.88 Å². The highest BCUT2D eigenvalue weighted by molar-refractivity contribution is 7.13. The Labute approximate surface area is 158 Å². The highest BCUT2D eigenvalue weighted by Gasteiger charge is 2.16. The van der Waals surface area contributed by atoms with Crippen LogP contribution >= 0.6 is 11.3 Å². The SMILES string of the molecule is CCOc1ccc(-c2nc(CC(=O)N(CCOC)CCOC)cs2)cc1. The van der Waals surface area contributed by atoms with E-state index in [0.717, 1.165) is 22.0 Å². The number of hydrogen-bond acceptors (Lipinski definition) is 6. The van der Waals surface area contributed by atoms with Crippen molar-refractivity contribution in [3.05, 3.63) is 35.3 Å². The molecule has 1 aromatic carbocycles. The molecule has 6 nitrogen and oxygen atoms in total. The molecule has 0 saturated carbocycles. The summed E-state index contributed by atoms with van der Waals surface area (Å²) in [5.74, 6) is 0.873. The second kappa shape index (κ2) is 10.9. The number of rotatable bonds is 11. The van der Waals surface area contributed by atoms with Crippen LogP contribution in [0.1, 0.15) is 12.6 Å². The van der Waals surface area contributed by atoms with E-state index in [1.54, 1.807) is 19.1 Å². The fourth-order valence-electron chi connectivity index (χ4n) is 2.41. The molecule has 26 heavy (non-hydrogen) atoms. The lowest BCUT2D eigenvalue weighted by Gasteiger charge is -2.21. The first-order valence-electron chi connectivity index (χ1n) is 8.61. The van der Waals surface area contributed by atoms with Gasteiger partial charge in [0.1, 0.15) is 10.8 Å². The van der Waals surface area contributed by atoms with Crippen molar-refractivity contribution in [2.75, 3.05) is 47.1 Å². The molecule has 142 valence electrons. The standard InChI is InChI=1S/C19H26N2O4S/c1-4-25-17-7-5-15(6-8-17)19-20-16(14-26-19)13-18(22)21(9-11-23-2)10-12-24-3/h5-8,14H,4,9-13H2,1-3H3. The zero-order valence-corrected chi connectivity index (χ0v) is 16.4. The molecule has 0 spiro atoms. The summed E-state index contributed by atoms with van der Waals surface area (Å²) in [4.78, 5) is 18.9. The topological polar surface area (TPSA) is 60.9 Å². The van der Waals surface area contributed by atoms with E-state index in [1.807, 2.05) is 36.6 Å². The fourth-order valence-corrected chi connectivity index (χ4v) is 3.24. The maximum absolute atomic E-state index is 12.5. The van der Waals surface area contributed by atoms with Crippen LogP contribution in [-0.2, 0) is 20.7 Å². The van der Waals surface area contributed by atoms with E-state index in [0.29, 0.717) is 32.9 Å². The lowest BCUT2D eigenvalue weighted by molar-refractivity contribution is -0.131. The molecule has 0 bridgehead atoms. The third kappa shape index (κ3) is 6.09. The van der Waals surface area contributed by atoms with Crippen LogP contribution in [0, 0.1) is 0 Å². The van der Waals surface area contributed by atoms with Crippen LogP contribution in [0.15, 0.2) is 29.6 Å². The smallest absolute Gasteiger partial charge is 0.228 e. The van der Waals surface area contributed by atoms with Gasteiger partial charge in [-0.15, -0.1) is 11.3 Å². The number of nitrogens with zero attached hydrogens (tertiary/aromatic N) is 2. The first-order valence-corrected chi connectivity index (χ1v) is 9.49. The molecular weight excluding hydrogens is 352 g/mol. The zero-order chi connectivity index (χ0) is 18.8. The molecule has 0 fully saturated rings. The summed E-state index contributed by atoms with van der Waals surface area (Å²) in [5, 5.41) is 2.84. The lowest BCUT2D eigenvalue weighted by Crippen LogP contribution is -2.37. The second-order valence-electron chi connectivity index (χ2n) is 5.64. The van der Waals surface area contributed by atoms with Gasteiger partial charge >= 0.3 is 0 Å². The first-order chi connectivity index (χ1) is 12.7. The van der Waals surface area contributed by atoms with Gasteiger partial charge in [-0.25, -0.2) is 4.98 Å². The van der Waals surface area contributed by atoms with E-state index in [1.165, 1.54) is 11.3 Å². The number of amides is 1. The highest BCUT2D eigenvalue weighted by Crippen LogP contribution is 2.26. The third-order valence-corrected chi connectivity index (χ3v) is 4.72. The highest BCUT2D eigenvalue weighted by atomic mass is 32.1. The van der Waals surface area contributed by atoms with Gasteiger partial charge in [-0.2, -0.15) is 0 Å². The van der Waals surface area contributed by atoms with Crippen molar-refractivity contribution in [2.45, 2.75) is 13.3 Å². The number of carbonyl (C=O) groups is 1. The molecule has 0 saturated heterocycles. The number of aromatic nitrogens is 1. The molecule has 0 aliphatic rings. The maximum atomic E-state index is 12.5. The van der Waals surface area contributed by atoms with Gasteiger partial charge in [0, 0.05) is 38.3 Å². The Hall–Kier alpha value is -1.96. The van der Waals surface area contributed by atoms with Gasteiger partial charge in [0.05, 0.1) is 31.9 Å². The fraction of sp³-hybridized carbons (Fsp3) is 0.474. The summed E-state index contributed by atoms with van der Waals surface area (Å²) in [7, 11) is 3.25. The number of benzene rings is 1.